The Labute approximate surface area is 161 Å². The maximum atomic E-state index is 6.34. The van der Waals surface area contributed by atoms with Crippen LogP contribution < -0.4 is 4.74 Å². The molecule has 4 unspecified atom stereocenters. The van der Waals surface area contributed by atoms with Crippen molar-refractivity contribution in [1.29, 1.82) is 0 Å². The zero-order valence-electron chi connectivity index (χ0n) is 17.5. The molecular weight excluding hydrogens is 332 g/mol. The number of hydrogen-bond donors (Lipinski definition) is 0. The maximum absolute atomic E-state index is 6.34. The van der Waals surface area contributed by atoms with Gasteiger partial charge >= 0.3 is 0 Å². The second-order valence-electron chi connectivity index (χ2n) is 10.0. The Morgan fingerprint density at radius 2 is 1.54 bits per heavy atom. The quantitative estimate of drug-likeness (QED) is 0.375. The highest BCUT2D eigenvalue weighted by molar-refractivity contribution is 6.87. The predicted molar refractivity (Wildman–Crippen MR) is 114 cm³/mol. The lowest BCUT2D eigenvalue weighted by Crippen LogP contribution is -2.42. The van der Waals surface area contributed by atoms with Crippen molar-refractivity contribution in [2.45, 2.75) is 89.3 Å². The molecule has 0 heterocycles. The Morgan fingerprint density at radius 3 is 2.15 bits per heavy atom. The van der Waals surface area contributed by atoms with Gasteiger partial charge in [-0.1, -0.05) is 59.4 Å². The van der Waals surface area contributed by atoms with Crippen molar-refractivity contribution in [2.24, 2.45) is 11.8 Å². The van der Waals surface area contributed by atoms with Gasteiger partial charge in [-0.3, -0.25) is 0 Å². The van der Waals surface area contributed by atoms with Crippen molar-refractivity contribution in [3.63, 3.8) is 0 Å². The SMILES string of the molecule is CC(C)[Si](/C=C\Oc1cccc2c1C1C3CCC(C3)C21)(C(C)C)C(C)C. The van der Waals surface area contributed by atoms with Crippen molar-refractivity contribution < 1.29 is 4.74 Å². The van der Waals surface area contributed by atoms with Crippen molar-refractivity contribution in [3.8, 4) is 5.75 Å². The summed E-state index contributed by atoms with van der Waals surface area (Å²) in [6.45, 7) is 14.4. The van der Waals surface area contributed by atoms with E-state index in [0.717, 1.165) is 46.0 Å². The van der Waals surface area contributed by atoms with Crippen molar-refractivity contribution in [2.75, 3.05) is 0 Å². The summed E-state index contributed by atoms with van der Waals surface area (Å²) in [7, 11) is -1.54. The van der Waals surface area contributed by atoms with E-state index in [1.807, 2.05) is 0 Å². The van der Waals surface area contributed by atoms with Gasteiger partial charge in [0.25, 0.3) is 0 Å². The Bertz CT molecular complexity index is 680. The van der Waals surface area contributed by atoms with E-state index in [1.165, 1.54) is 19.3 Å². The van der Waals surface area contributed by atoms with Crippen LogP contribution in [0, 0.1) is 11.8 Å². The fourth-order valence-electron chi connectivity index (χ4n) is 7.17. The lowest BCUT2D eigenvalue weighted by molar-refractivity contribution is 0.311. The highest BCUT2D eigenvalue weighted by Gasteiger charge is 2.56. The van der Waals surface area contributed by atoms with Gasteiger partial charge in [-0.15, -0.1) is 0 Å². The Hall–Kier alpha value is -1.02. The van der Waals surface area contributed by atoms with E-state index in [9.17, 15) is 0 Å². The maximum Gasteiger partial charge on any atom is 0.130 e. The lowest BCUT2D eigenvalue weighted by Gasteiger charge is -2.43. The Morgan fingerprint density at radius 1 is 0.923 bits per heavy atom. The monoisotopic (exact) mass is 368 g/mol. The molecule has 3 aliphatic rings. The molecule has 2 fully saturated rings. The molecule has 0 amide bonds. The summed E-state index contributed by atoms with van der Waals surface area (Å²) >= 11 is 0. The van der Waals surface area contributed by atoms with Gasteiger partial charge in [0.15, 0.2) is 0 Å². The van der Waals surface area contributed by atoms with Gasteiger partial charge in [-0.25, -0.2) is 0 Å². The Kier molecular flexibility index (Phi) is 4.62. The molecule has 0 N–H and O–H groups in total. The fourth-order valence-corrected chi connectivity index (χ4v) is 12.6. The third-order valence-corrected chi connectivity index (χ3v) is 15.0. The molecule has 2 bridgehead atoms. The topological polar surface area (TPSA) is 9.23 Å². The summed E-state index contributed by atoms with van der Waals surface area (Å²) in [6.07, 6.45) is 6.44. The summed E-state index contributed by atoms with van der Waals surface area (Å²) in [5.74, 6) is 4.70. The minimum Gasteiger partial charge on any atom is -0.465 e. The van der Waals surface area contributed by atoms with E-state index in [2.05, 4.69) is 71.7 Å². The molecule has 2 heteroatoms. The number of benzene rings is 1. The van der Waals surface area contributed by atoms with Crippen LogP contribution in [-0.2, 0) is 0 Å². The van der Waals surface area contributed by atoms with Crippen LogP contribution in [0.1, 0.15) is 83.8 Å². The van der Waals surface area contributed by atoms with Crippen LogP contribution in [0.4, 0.5) is 0 Å². The third kappa shape index (κ3) is 2.47. The fraction of sp³-hybridized carbons (Fsp3) is 0.667. The van der Waals surface area contributed by atoms with Crippen molar-refractivity contribution in [1.82, 2.24) is 0 Å². The zero-order valence-corrected chi connectivity index (χ0v) is 18.5. The zero-order chi connectivity index (χ0) is 18.6. The van der Waals surface area contributed by atoms with E-state index in [0.29, 0.717) is 0 Å². The first-order chi connectivity index (χ1) is 12.4. The van der Waals surface area contributed by atoms with Crippen LogP contribution in [-0.4, -0.2) is 8.07 Å². The van der Waals surface area contributed by atoms with Crippen LogP contribution in [0.3, 0.4) is 0 Å². The lowest BCUT2D eigenvalue weighted by atomic mass is 9.61. The van der Waals surface area contributed by atoms with Crippen molar-refractivity contribution in [3.05, 3.63) is 41.3 Å². The number of ether oxygens (including phenoxy) is 1. The number of fused-ring (bicyclic) bond motifs is 8. The second-order valence-corrected chi connectivity index (χ2v) is 15.8. The molecule has 1 nitrogen and oxygen atoms in total. The molecule has 0 spiro atoms. The molecule has 142 valence electrons. The summed E-state index contributed by atoms with van der Waals surface area (Å²) in [5.41, 5.74) is 7.86. The molecule has 1 aromatic rings. The molecule has 0 aromatic heterocycles. The van der Waals surface area contributed by atoms with E-state index < -0.39 is 8.07 Å². The van der Waals surface area contributed by atoms with Gasteiger partial charge < -0.3 is 4.74 Å². The molecule has 4 rings (SSSR count). The average molecular weight is 369 g/mol. The molecule has 2 saturated carbocycles. The van der Waals surface area contributed by atoms with E-state index in [1.54, 1.807) is 11.1 Å². The molecule has 0 aliphatic heterocycles. The minimum absolute atomic E-state index is 0.732. The van der Waals surface area contributed by atoms with Gasteiger partial charge in [0, 0.05) is 5.56 Å². The molecule has 4 atom stereocenters. The molecule has 3 aliphatic carbocycles. The normalized spacial score (nSPS) is 29.6. The highest BCUT2D eigenvalue weighted by atomic mass is 28.3. The standard InChI is InChI=1S/C24H36OSi/c1-15(2)26(16(3)4,17(5)6)13-12-25-21-9-7-8-20-22-18-10-11-19(14-18)23(22)24(20)21/h7-9,12-13,15-19,22-23H,10-11,14H2,1-6H3/b13-12-. The van der Waals surface area contributed by atoms with Crippen LogP contribution in [0.5, 0.6) is 5.75 Å². The minimum atomic E-state index is -1.54. The van der Waals surface area contributed by atoms with E-state index in [4.69, 9.17) is 4.74 Å². The highest BCUT2D eigenvalue weighted by Crippen LogP contribution is 2.69. The summed E-state index contributed by atoms with van der Waals surface area (Å²) in [4.78, 5) is 0. The van der Waals surface area contributed by atoms with E-state index in [-0.39, 0.29) is 0 Å². The smallest absolute Gasteiger partial charge is 0.130 e. The van der Waals surface area contributed by atoms with Crippen LogP contribution in [0.2, 0.25) is 16.6 Å². The largest absolute Gasteiger partial charge is 0.465 e. The summed E-state index contributed by atoms with van der Waals surface area (Å²) < 4.78 is 6.34. The van der Waals surface area contributed by atoms with Crippen molar-refractivity contribution >= 4 is 8.07 Å². The molecule has 0 radical (unpaired) electrons. The first-order valence-corrected chi connectivity index (χ1v) is 13.2. The molecular formula is C24H36OSi. The Balaban J connectivity index is 1.58. The van der Waals surface area contributed by atoms with Gasteiger partial charge in [0.05, 0.1) is 14.3 Å². The van der Waals surface area contributed by atoms with Crippen LogP contribution >= 0.6 is 0 Å². The molecule has 1 aromatic carbocycles. The second kappa shape index (κ2) is 6.55. The third-order valence-electron chi connectivity index (χ3n) is 8.26. The van der Waals surface area contributed by atoms with Gasteiger partial charge in [0.2, 0.25) is 0 Å². The van der Waals surface area contributed by atoms with Gasteiger partial charge in [0.1, 0.15) is 5.75 Å². The van der Waals surface area contributed by atoms with E-state index >= 15 is 0 Å². The van der Waals surface area contributed by atoms with Gasteiger partial charge in [-0.05, 0) is 71.2 Å². The predicted octanol–water partition coefficient (Wildman–Crippen LogP) is 7.41. The van der Waals surface area contributed by atoms with Gasteiger partial charge in [-0.2, -0.15) is 0 Å². The summed E-state index contributed by atoms with van der Waals surface area (Å²) in [5, 5.41) is 0. The molecule has 26 heavy (non-hydrogen) atoms. The molecule has 0 saturated heterocycles. The average Bonchev–Trinajstić information content (AvgIpc) is 3.12. The first kappa shape index (κ1) is 18.3. The van der Waals surface area contributed by atoms with Crippen LogP contribution in [0.15, 0.2) is 30.2 Å². The van der Waals surface area contributed by atoms with Crippen LogP contribution in [0.25, 0.3) is 0 Å². The number of rotatable bonds is 6. The first-order valence-electron chi connectivity index (χ1n) is 10.8. The summed E-state index contributed by atoms with van der Waals surface area (Å²) in [6, 6.07) is 6.78. The number of hydrogen-bond acceptors (Lipinski definition) is 1.